The van der Waals surface area contributed by atoms with Gasteiger partial charge in [0.25, 0.3) is 0 Å². The van der Waals surface area contributed by atoms with Gasteiger partial charge in [-0.1, -0.05) is 6.07 Å². The predicted molar refractivity (Wildman–Crippen MR) is 104 cm³/mol. The largest absolute Gasteiger partial charge is 0.493 e. The molecule has 2 aromatic carbocycles. The number of fused-ring (bicyclic) bond motifs is 1. The van der Waals surface area contributed by atoms with Gasteiger partial charge in [0.2, 0.25) is 5.75 Å². The molecule has 1 aromatic heterocycles. The van der Waals surface area contributed by atoms with Crippen LogP contribution in [0, 0.1) is 0 Å². The van der Waals surface area contributed by atoms with Crippen LogP contribution in [0.2, 0.25) is 0 Å². The Morgan fingerprint density at radius 3 is 2.07 bits per heavy atom. The number of nitrogens with zero attached hydrogens (tertiary/aromatic N) is 2. The standard InChI is InChI=1S/C20H18N2O8/c1-27-15-7-10(8-16(28-2)18(15)29-3)6-12(19(23)24)17(20(25)26)11-4-5-13-14(9-11)22-30-21-13/h4-5,7-9H,6H2,1-3H3,(H,23,24)(H,25,26)/b17-12-. The van der Waals surface area contributed by atoms with Crippen molar-refractivity contribution in [3.8, 4) is 17.2 Å². The summed E-state index contributed by atoms with van der Waals surface area (Å²) in [7, 11) is 4.30. The van der Waals surface area contributed by atoms with E-state index in [4.69, 9.17) is 14.2 Å². The number of carboxylic acids is 2. The van der Waals surface area contributed by atoms with Crippen LogP contribution in [0.1, 0.15) is 11.1 Å². The number of aliphatic carboxylic acids is 2. The molecule has 0 spiro atoms. The summed E-state index contributed by atoms with van der Waals surface area (Å²) in [5.74, 6) is -1.78. The third-order valence-electron chi connectivity index (χ3n) is 4.42. The van der Waals surface area contributed by atoms with Gasteiger partial charge in [-0.3, -0.25) is 0 Å². The van der Waals surface area contributed by atoms with Gasteiger partial charge in [0.15, 0.2) is 11.5 Å². The molecule has 2 N–H and O–H groups in total. The fourth-order valence-corrected chi connectivity index (χ4v) is 3.08. The van der Waals surface area contributed by atoms with E-state index in [2.05, 4.69) is 14.9 Å². The van der Waals surface area contributed by atoms with E-state index in [1.165, 1.54) is 39.5 Å². The Morgan fingerprint density at radius 2 is 1.53 bits per heavy atom. The first-order valence-corrected chi connectivity index (χ1v) is 8.60. The van der Waals surface area contributed by atoms with E-state index in [-0.39, 0.29) is 23.1 Å². The first-order valence-electron chi connectivity index (χ1n) is 8.60. The molecule has 3 aromatic rings. The molecule has 0 atom stereocenters. The van der Waals surface area contributed by atoms with Gasteiger partial charge in [-0.05, 0) is 45.7 Å². The zero-order chi connectivity index (χ0) is 21.8. The van der Waals surface area contributed by atoms with Crippen molar-refractivity contribution < 1.29 is 38.6 Å². The van der Waals surface area contributed by atoms with Gasteiger partial charge in [0.1, 0.15) is 11.0 Å². The quantitative estimate of drug-likeness (QED) is 0.528. The van der Waals surface area contributed by atoms with E-state index < -0.39 is 11.9 Å². The Labute approximate surface area is 170 Å². The summed E-state index contributed by atoms with van der Waals surface area (Å²) in [5, 5.41) is 26.9. The molecule has 0 radical (unpaired) electrons. The van der Waals surface area contributed by atoms with Crippen LogP contribution in [-0.4, -0.2) is 53.8 Å². The number of methoxy groups -OCH3 is 3. The highest BCUT2D eigenvalue weighted by Crippen LogP contribution is 2.39. The van der Waals surface area contributed by atoms with Crippen LogP contribution in [0.3, 0.4) is 0 Å². The lowest BCUT2D eigenvalue weighted by molar-refractivity contribution is -0.134. The summed E-state index contributed by atoms with van der Waals surface area (Å²) in [6, 6.07) is 7.49. The zero-order valence-electron chi connectivity index (χ0n) is 16.3. The molecule has 0 aliphatic carbocycles. The molecule has 0 aliphatic heterocycles. The molecule has 0 fully saturated rings. The van der Waals surface area contributed by atoms with Crippen molar-refractivity contribution in [2.24, 2.45) is 0 Å². The van der Waals surface area contributed by atoms with E-state index in [1.807, 2.05) is 0 Å². The van der Waals surface area contributed by atoms with Crippen molar-refractivity contribution in [2.75, 3.05) is 21.3 Å². The second kappa shape index (κ2) is 8.52. The second-order valence-electron chi connectivity index (χ2n) is 6.14. The van der Waals surface area contributed by atoms with Crippen LogP contribution >= 0.6 is 0 Å². The number of hydrogen-bond acceptors (Lipinski definition) is 8. The molecule has 0 bridgehead atoms. The van der Waals surface area contributed by atoms with Crippen LogP contribution in [0.15, 0.2) is 40.5 Å². The number of rotatable bonds is 8. The lowest BCUT2D eigenvalue weighted by Crippen LogP contribution is -2.13. The highest BCUT2D eigenvalue weighted by atomic mass is 16.6. The first-order chi connectivity index (χ1) is 14.4. The molecule has 3 rings (SSSR count). The monoisotopic (exact) mass is 414 g/mol. The van der Waals surface area contributed by atoms with Crippen molar-refractivity contribution >= 4 is 28.5 Å². The Bertz CT molecular complexity index is 1120. The summed E-state index contributed by atoms with van der Waals surface area (Å²) in [6.07, 6.45) is -0.206. The van der Waals surface area contributed by atoms with Crippen molar-refractivity contribution in [3.63, 3.8) is 0 Å². The fourth-order valence-electron chi connectivity index (χ4n) is 3.08. The highest BCUT2D eigenvalue weighted by Gasteiger charge is 2.24. The molecule has 0 saturated carbocycles. The summed E-state index contributed by atoms with van der Waals surface area (Å²) in [4.78, 5) is 24.0. The molecular weight excluding hydrogens is 396 g/mol. The van der Waals surface area contributed by atoms with E-state index in [0.29, 0.717) is 33.8 Å². The van der Waals surface area contributed by atoms with Crippen molar-refractivity contribution in [1.29, 1.82) is 0 Å². The topological polar surface area (TPSA) is 141 Å². The van der Waals surface area contributed by atoms with Gasteiger partial charge in [0, 0.05) is 6.42 Å². The summed E-state index contributed by atoms with van der Waals surface area (Å²) in [6.45, 7) is 0. The average Bonchev–Trinajstić information content (AvgIpc) is 3.20. The lowest BCUT2D eigenvalue weighted by atomic mass is 9.94. The van der Waals surface area contributed by atoms with Gasteiger partial charge < -0.3 is 24.4 Å². The van der Waals surface area contributed by atoms with Crippen LogP contribution in [-0.2, 0) is 16.0 Å². The molecule has 30 heavy (non-hydrogen) atoms. The molecule has 10 nitrogen and oxygen atoms in total. The number of hydrogen-bond donors (Lipinski definition) is 2. The lowest BCUT2D eigenvalue weighted by Gasteiger charge is -2.15. The Hall–Kier alpha value is -4.08. The van der Waals surface area contributed by atoms with E-state index in [1.54, 1.807) is 12.1 Å². The minimum Gasteiger partial charge on any atom is -0.493 e. The molecule has 10 heteroatoms. The predicted octanol–water partition coefficient (Wildman–Crippen LogP) is 2.41. The molecule has 0 saturated heterocycles. The number of aromatic nitrogens is 2. The summed E-state index contributed by atoms with van der Waals surface area (Å²) >= 11 is 0. The van der Waals surface area contributed by atoms with Crippen molar-refractivity contribution in [2.45, 2.75) is 6.42 Å². The first kappa shape index (κ1) is 20.6. The molecular formula is C20H18N2O8. The third-order valence-corrected chi connectivity index (χ3v) is 4.42. The van der Waals surface area contributed by atoms with Gasteiger partial charge in [0.05, 0.1) is 32.5 Å². The van der Waals surface area contributed by atoms with Gasteiger partial charge in [-0.15, -0.1) is 0 Å². The van der Waals surface area contributed by atoms with Gasteiger partial charge in [-0.25, -0.2) is 14.2 Å². The molecule has 156 valence electrons. The number of benzene rings is 2. The third kappa shape index (κ3) is 3.88. The maximum atomic E-state index is 12.0. The summed E-state index contributed by atoms with van der Waals surface area (Å²) in [5.41, 5.74) is 0.655. The maximum absolute atomic E-state index is 12.0. The highest BCUT2D eigenvalue weighted by molar-refractivity contribution is 6.22. The maximum Gasteiger partial charge on any atom is 0.336 e. The van der Waals surface area contributed by atoms with E-state index in [9.17, 15) is 19.8 Å². The minimum atomic E-state index is -1.39. The average molecular weight is 414 g/mol. The number of carbonyl (C=O) groups is 2. The molecule has 0 unspecified atom stereocenters. The smallest absolute Gasteiger partial charge is 0.336 e. The zero-order valence-corrected chi connectivity index (χ0v) is 16.3. The fraction of sp³-hybridized carbons (Fsp3) is 0.200. The van der Waals surface area contributed by atoms with Crippen LogP contribution < -0.4 is 14.2 Å². The van der Waals surface area contributed by atoms with E-state index in [0.717, 1.165) is 0 Å². The summed E-state index contributed by atoms with van der Waals surface area (Å²) < 4.78 is 20.4. The Kier molecular flexibility index (Phi) is 5.86. The van der Waals surface area contributed by atoms with Crippen LogP contribution in [0.5, 0.6) is 17.2 Å². The SMILES string of the molecule is COc1cc(C/C(C(=O)O)=C(/C(=O)O)c2ccc3nonc3c2)cc(OC)c1OC. The van der Waals surface area contributed by atoms with Crippen LogP contribution in [0.25, 0.3) is 16.6 Å². The molecule has 1 heterocycles. The Morgan fingerprint density at radius 1 is 0.900 bits per heavy atom. The normalized spacial score (nSPS) is 11.7. The van der Waals surface area contributed by atoms with Gasteiger partial charge >= 0.3 is 11.9 Å². The van der Waals surface area contributed by atoms with Gasteiger partial charge in [-0.2, -0.15) is 0 Å². The van der Waals surface area contributed by atoms with Crippen molar-refractivity contribution in [1.82, 2.24) is 10.3 Å². The van der Waals surface area contributed by atoms with Crippen molar-refractivity contribution in [3.05, 3.63) is 47.0 Å². The minimum absolute atomic E-state index is 0.163. The van der Waals surface area contributed by atoms with E-state index >= 15 is 0 Å². The number of ether oxygens (including phenoxy) is 3. The Balaban J connectivity index is 2.16. The second-order valence-corrected chi connectivity index (χ2v) is 6.14. The molecule has 0 amide bonds. The van der Waals surface area contributed by atoms with Crippen LogP contribution in [0.4, 0.5) is 0 Å². The molecule has 0 aliphatic rings. The number of carboxylic acid groups (broad SMARTS) is 2.